The predicted octanol–water partition coefficient (Wildman–Crippen LogP) is 3.23. The number of phenolic OH excluding ortho intramolecular Hbond substituents is 1. The van der Waals surface area contributed by atoms with Crippen LogP contribution >= 0.6 is 0 Å². The molecule has 1 nitrogen and oxygen atoms in total. The molecule has 0 aliphatic carbocycles. The van der Waals surface area contributed by atoms with E-state index < -0.39 is 0 Å². The Hall–Kier alpha value is -1.50. The summed E-state index contributed by atoms with van der Waals surface area (Å²) in [6, 6.07) is 7.11. The summed E-state index contributed by atoms with van der Waals surface area (Å²) in [4.78, 5) is 0. The van der Waals surface area contributed by atoms with Crippen molar-refractivity contribution in [2.45, 2.75) is 6.92 Å². The van der Waals surface area contributed by atoms with Gasteiger partial charge in [-0.05, 0) is 23.6 Å². The van der Waals surface area contributed by atoms with Crippen molar-refractivity contribution >= 4 is 6.08 Å². The van der Waals surface area contributed by atoms with Gasteiger partial charge in [-0.15, -0.1) is 6.58 Å². The van der Waals surface area contributed by atoms with Crippen molar-refractivity contribution in [2.24, 2.45) is 5.92 Å². The molecule has 0 saturated heterocycles. The number of benzene rings is 1. The van der Waals surface area contributed by atoms with Gasteiger partial charge >= 0.3 is 0 Å². The Kier molecular flexibility index (Phi) is 3.32. The van der Waals surface area contributed by atoms with E-state index in [1.165, 1.54) is 0 Å². The molecule has 1 atom stereocenters. The molecule has 0 heterocycles. The van der Waals surface area contributed by atoms with Crippen molar-refractivity contribution in [3.05, 3.63) is 48.6 Å². The van der Waals surface area contributed by atoms with Gasteiger partial charge in [0, 0.05) is 0 Å². The van der Waals surface area contributed by atoms with Crippen LogP contribution in [0.25, 0.3) is 6.08 Å². The maximum Gasteiger partial charge on any atom is 0.115 e. The molecule has 0 fully saturated rings. The summed E-state index contributed by atoms with van der Waals surface area (Å²) >= 11 is 0. The fraction of sp³-hybridized carbons (Fsp3) is 0.167. The van der Waals surface area contributed by atoms with Crippen LogP contribution in [0.3, 0.4) is 0 Å². The lowest BCUT2D eigenvalue weighted by atomic mass is 10.1. The fourth-order valence-electron chi connectivity index (χ4n) is 0.927. The zero-order valence-electron chi connectivity index (χ0n) is 7.77. The van der Waals surface area contributed by atoms with E-state index in [-0.39, 0.29) is 0 Å². The van der Waals surface area contributed by atoms with Crippen LogP contribution in [-0.2, 0) is 0 Å². The first-order valence-corrected chi connectivity index (χ1v) is 4.32. The van der Waals surface area contributed by atoms with Crippen molar-refractivity contribution in [3.8, 4) is 5.75 Å². The van der Waals surface area contributed by atoms with Crippen LogP contribution in [0.2, 0.25) is 0 Å². The van der Waals surface area contributed by atoms with E-state index >= 15 is 0 Å². The lowest BCUT2D eigenvalue weighted by Crippen LogP contribution is -1.79. The number of phenols is 1. The molecule has 0 saturated carbocycles. The summed E-state index contributed by atoms with van der Waals surface area (Å²) < 4.78 is 0. The van der Waals surface area contributed by atoms with Crippen LogP contribution in [0, 0.1) is 5.92 Å². The first-order valence-electron chi connectivity index (χ1n) is 4.32. The predicted molar refractivity (Wildman–Crippen MR) is 56.5 cm³/mol. The molecule has 0 aromatic heterocycles. The number of rotatable bonds is 3. The van der Waals surface area contributed by atoms with E-state index in [0.717, 1.165) is 5.56 Å². The molecule has 0 aliphatic rings. The zero-order valence-corrected chi connectivity index (χ0v) is 7.77. The Morgan fingerprint density at radius 1 is 1.31 bits per heavy atom. The van der Waals surface area contributed by atoms with E-state index in [1.807, 2.05) is 24.3 Å². The molecule has 1 aromatic rings. The number of allylic oxidation sites excluding steroid dienone is 2. The van der Waals surface area contributed by atoms with Crippen molar-refractivity contribution in [3.63, 3.8) is 0 Å². The van der Waals surface area contributed by atoms with Gasteiger partial charge in [0.25, 0.3) is 0 Å². The minimum absolute atomic E-state index is 0.300. The van der Waals surface area contributed by atoms with Crippen LogP contribution < -0.4 is 0 Å². The summed E-state index contributed by atoms with van der Waals surface area (Å²) in [5.74, 6) is 0.683. The number of aromatic hydroxyl groups is 1. The summed E-state index contributed by atoms with van der Waals surface area (Å²) in [6.07, 6.45) is 5.97. The van der Waals surface area contributed by atoms with Gasteiger partial charge in [0.05, 0.1) is 0 Å². The van der Waals surface area contributed by atoms with Crippen molar-refractivity contribution in [1.29, 1.82) is 0 Å². The van der Waals surface area contributed by atoms with Crippen LogP contribution in [0.4, 0.5) is 0 Å². The summed E-state index contributed by atoms with van der Waals surface area (Å²) in [6.45, 7) is 5.77. The van der Waals surface area contributed by atoms with Gasteiger partial charge in [-0.1, -0.05) is 37.3 Å². The summed E-state index contributed by atoms with van der Waals surface area (Å²) in [7, 11) is 0. The molecular formula is C12H14O. The Morgan fingerprint density at radius 2 is 1.92 bits per heavy atom. The van der Waals surface area contributed by atoms with Gasteiger partial charge in [0.15, 0.2) is 0 Å². The van der Waals surface area contributed by atoms with Crippen molar-refractivity contribution < 1.29 is 5.11 Å². The molecule has 1 unspecified atom stereocenters. The van der Waals surface area contributed by atoms with E-state index in [9.17, 15) is 0 Å². The third kappa shape index (κ3) is 3.16. The lowest BCUT2D eigenvalue weighted by Gasteiger charge is -1.97. The molecule has 0 amide bonds. The highest BCUT2D eigenvalue weighted by molar-refractivity contribution is 5.50. The van der Waals surface area contributed by atoms with Gasteiger partial charge in [-0.25, -0.2) is 0 Å². The molecule has 1 heteroatoms. The second-order valence-electron chi connectivity index (χ2n) is 3.05. The molecule has 1 N–H and O–H groups in total. The minimum atomic E-state index is 0.300. The van der Waals surface area contributed by atoms with Crippen LogP contribution in [0.15, 0.2) is 43.0 Å². The lowest BCUT2D eigenvalue weighted by molar-refractivity contribution is 0.475. The van der Waals surface area contributed by atoms with Gasteiger partial charge in [-0.2, -0.15) is 0 Å². The smallest absolute Gasteiger partial charge is 0.115 e. The van der Waals surface area contributed by atoms with Gasteiger partial charge < -0.3 is 5.11 Å². The highest BCUT2D eigenvalue weighted by Gasteiger charge is 1.89. The first-order chi connectivity index (χ1) is 6.22. The Morgan fingerprint density at radius 3 is 2.46 bits per heavy atom. The SMILES string of the molecule is C=CC(C)/C=C/c1ccc(O)cc1. The van der Waals surface area contributed by atoms with E-state index in [2.05, 4.69) is 19.6 Å². The molecule has 1 aromatic carbocycles. The quantitative estimate of drug-likeness (QED) is 0.697. The van der Waals surface area contributed by atoms with Crippen LogP contribution in [0.5, 0.6) is 5.75 Å². The second kappa shape index (κ2) is 4.51. The first kappa shape index (κ1) is 9.59. The van der Waals surface area contributed by atoms with Crippen molar-refractivity contribution in [2.75, 3.05) is 0 Å². The topological polar surface area (TPSA) is 20.2 Å². The molecule has 68 valence electrons. The molecule has 0 spiro atoms. The largest absolute Gasteiger partial charge is 0.508 e. The van der Waals surface area contributed by atoms with E-state index in [4.69, 9.17) is 5.11 Å². The number of hydrogen-bond acceptors (Lipinski definition) is 1. The highest BCUT2D eigenvalue weighted by Crippen LogP contribution is 2.11. The maximum atomic E-state index is 9.04. The molecular weight excluding hydrogens is 160 g/mol. The van der Waals surface area contributed by atoms with Crippen LogP contribution in [0.1, 0.15) is 12.5 Å². The van der Waals surface area contributed by atoms with E-state index in [0.29, 0.717) is 11.7 Å². The average molecular weight is 174 g/mol. The number of hydrogen-bond donors (Lipinski definition) is 1. The summed E-state index contributed by atoms with van der Waals surface area (Å²) in [5, 5.41) is 9.04. The standard InChI is InChI=1S/C12H14O/c1-3-10(2)4-5-11-6-8-12(13)9-7-11/h3-10,13H,1H2,2H3/b5-4+. The third-order valence-electron chi connectivity index (χ3n) is 1.86. The molecule has 0 bridgehead atoms. The minimum Gasteiger partial charge on any atom is -0.508 e. The average Bonchev–Trinajstić information content (AvgIpc) is 2.16. The Balaban J connectivity index is 2.69. The van der Waals surface area contributed by atoms with Gasteiger partial charge in [-0.3, -0.25) is 0 Å². The Labute approximate surface area is 79.0 Å². The van der Waals surface area contributed by atoms with Crippen molar-refractivity contribution in [1.82, 2.24) is 0 Å². The second-order valence-corrected chi connectivity index (χ2v) is 3.05. The zero-order chi connectivity index (χ0) is 9.68. The Bertz CT molecular complexity index is 295. The monoisotopic (exact) mass is 174 g/mol. The highest BCUT2D eigenvalue weighted by atomic mass is 16.3. The summed E-state index contributed by atoms with van der Waals surface area (Å²) in [5.41, 5.74) is 1.09. The molecule has 0 aliphatic heterocycles. The fourth-order valence-corrected chi connectivity index (χ4v) is 0.927. The third-order valence-corrected chi connectivity index (χ3v) is 1.86. The molecule has 13 heavy (non-hydrogen) atoms. The van der Waals surface area contributed by atoms with Crippen LogP contribution in [-0.4, -0.2) is 5.11 Å². The molecule has 1 rings (SSSR count). The normalized spacial score (nSPS) is 13.0. The van der Waals surface area contributed by atoms with Gasteiger partial charge in [0.1, 0.15) is 5.75 Å². The van der Waals surface area contributed by atoms with E-state index in [1.54, 1.807) is 12.1 Å². The molecule has 0 radical (unpaired) electrons. The maximum absolute atomic E-state index is 9.04. The van der Waals surface area contributed by atoms with Gasteiger partial charge in [0.2, 0.25) is 0 Å².